The monoisotopic (exact) mass is 245 g/mol. The van der Waals surface area contributed by atoms with Crippen LogP contribution < -0.4 is 10.1 Å². The van der Waals surface area contributed by atoms with Crippen LogP contribution in [-0.4, -0.2) is 16.8 Å². The highest BCUT2D eigenvalue weighted by Crippen LogP contribution is 2.24. The average Bonchev–Trinajstić information content (AvgIpc) is 2.86. The van der Waals surface area contributed by atoms with Crippen LogP contribution in [0, 0.1) is 6.92 Å². The molecule has 0 spiro atoms. The van der Waals surface area contributed by atoms with E-state index in [4.69, 9.17) is 4.74 Å². The van der Waals surface area contributed by atoms with Crippen LogP contribution in [0.5, 0.6) is 5.75 Å². The van der Waals surface area contributed by atoms with Gasteiger partial charge in [-0.05, 0) is 50.6 Å². The molecule has 0 bridgehead atoms. The summed E-state index contributed by atoms with van der Waals surface area (Å²) >= 11 is 0. The molecule has 1 heterocycles. The predicted molar refractivity (Wildman–Crippen MR) is 73.0 cm³/mol. The van der Waals surface area contributed by atoms with Gasteiger partial charge >= 0.3 is 0 Å². The summed E-state index contributed by atoms with van der Waals surface area (Å²) in [5.74, 6) is 0.912. The molecule has 2 N–H and O–H groups in total. The first-order valence-corrected chi connectivity index (χ1v) is 6.20. The van der Waals surface area contributed by atoms with Gasteiger partial charge in [0.15, 0.2) is 0 Å². The number of aromatic nitrogens is 2. The fourth-order valence-corrected chi connectivity index (χ4v) is 1.87. The van der Waals surface area contributed by atoms with Crippen molar-refractivity contribution in [2.75, 3.05) is 11.9 Å². The van der Waals surface area contributed by atoms with Crippen molar-refractivity contribution in [1.29, 1.82) is 0 Å². The van der Waals surface area contributed by atoms with Gasteiger partial charge in [-0.15, -0.1) is 0 Å². The second-order valence-corrected chi connectivity index (χ2v) is 4.29. The summed E-state index contributed by atoms with van der Waals surface area (Å²) in [5.41, 5.74) is 3.36. The van der Waals surface area contributed by atoms with Crippen LogP contribution in [0.1, 0.15) is 31.1 Å². The van der Waals surface area contributed by atoms with Crippen molar-refractivity contribution in [3.8, 4) is 5.75 Å². The summed E-state index contributed by atoms with van der Waals surface area (Å²) in [7, 11) is 0. The van der Waals surface area contributed by atoms with E-state index in [9.17, 15) is 0 Å². The van der Waals surface area contributed by atoms with Crippen LogP contribution in [0.2, 0.25) is 0 Å². The zero-order valence-electron chi connectivity index (χ0n) is 11.0. The van der Waals surface area contributed by atoms with E-state index in [2.05, 4.69) is 29.4 Å². The molecule has 2 aromatic rings. The lowest BCUT2D eigenvalue weighted by Gasteiger charge is -2.16. The number of benzene rings is 1. The van der Waals surface area contributed by atoms with Gasteiger partial charge in [0.1, 0.15) is 5.75 Å². The topological polar surface area (TPSA) is 49.9 Å². The van der Waals surface area contributed by atoms with Crippen molar-refractivity contribution in [3.05, 3.63) is 41.7 Å². The SMILES string of the molecule is CCOc1ccc(NC(C)c2ccn[nH]2)c(C)c1. The number of nitrogens with zero attached hydrogens (tertiary/aromatic N) is 1. The first-order chi connectivity index (χ1) is 8.70. The van der Waals surface area contributed by atoms with E-state index in [1.165, 1.54) is 5.56 Å². The Morgan fingerprint density at radius 2 is 2.22 bits per heavy atom. The van der Waals surface area contributed by atoms with Crippen LogP contribution in [0.4, 0.5) is 5.69 Å². The molecular formula is C14H19N3O. The summed E-state index contributed by atoms with van der Waals surface area (Å²) in [4.78, 5) is 0. The van der Waals surface area contributed by atoms with E-state index < -0.39 is 0 Å². The summed E-state index contributed by atoms with van der Waals surface area (Å²) in [6.45, 7) is 6.85. The van der Waals surface area contributed by atoms with Crippen molar-refractivity contribution in [3.63, 3.8) is 0 Å². The third-order valence-electron chi connectivity index (χ3n) is 2.87. The van der Waals surface area contributed by atoms with Crippen molar-refractivity contribution >= 4 is 5.69 Å². The zero-order valence-corrected chi connectivity index (χ0v) is 11.0. The zero-order chi connectivity index (χ0) is 13.0. The molecule has 0 saturated heterocycles. The second-order valence-electron chi connectivity index (χ2n) is 4.29. The summed E-state index contributed by atoms with van der Waals surface area (Å²) in [6, 6.07) is 8.25. The van der Waals surface area contributed by atoms with Crippen LogP contribution in [0.3, 0.4) is 0 Å². The van der Waals surface area contributed by atoms with Gasteiger partial charge in [-0.2, -0.15) is 5.10 Å². The molecule has 1 aromatic heterocycles. The third-order valence-corrected chi connectivity index (χ3v) is 2.87. The lowest BCUT2D eigenvalue weighted by Crippen LogP contribution is -2.08. The summed E-state index contributed by atoms with van der Waals surface area (Å²) in [6.07, 6.45) is 1.76. The van der Waals surface area contributed by atoms with Crippen molar-refractivity contribution in [2.45, 2.75) is 26.8 Å². The molecule has 18 heavy (non-hydrogen) atoms. The maximum Gasteiger partial charge on any atom is 0.119 e. The second kappa shape index (κ2) is 5.58. The molecule has 96 valence electrons. The minimum absolute atomic E-state index is 0.198. The van der Waals surface area contributed by atoms with Crippen LogP contribution in [0.15, 0.2) is 30.5 Å². The highest BCUT2D eigenvalue weighted by atomic mass is 16.5. The Kier molecular flexibility index (Phi) is 3.87. The number of aryl methyl sites for hydroxylation is 1. The summed E-state index contributed by atoms with van der Waals surface area (Å²) < 4.78 is 5.47. The number of aromatic amines is 1. The molecule has 4 heteroatoms. The molecule has 0 saturated carbocycles. The molecule has 0 aliphatic carbocycles. The Balaban J connectivity index is 2.10. The van der Waals surface area contributed by atoms with E-state index in [-0.39, 0.29) is 6.04 Å². The first-order valence-electron chi connectivity index (χ1n) is 6.20. The summed E-state index contributed by atoms with van der Waals surface area (Å²) in [5, 5.41) is 10.4. The van der Waals surface area contributed by atoms with E-state index in [0.717, 1.165) is 17.1 Å². The Labute approximate surface area is 107 Å². The predicted octanol–water partition coefficient (Wildman–Crippen LogP) is 3.29. The number of hydrogen-bond donors (Lipinski definition) is 2. The molecule has 2 rings (SSSR count). The Morgan fingerprint density at radius 3 is 2.83 bits per heavy atom. The van der Waals surface area contributed by atoms with Crippen molar-refractivity contribution < 1.29 is 4.74 Å². The lowest BCUT2D eigenvalue weighted by atomic mass is 10.1. The highest BCUT2D eigenvalue weighted by Gasteiger charge is 2.08. The molecule has 0 fully saturated rings. The van der Waals surface area contributed by atoms with Gasteiger partial charge in [0.2, 0.25) is 0 Å². The fourth-order valence-electron chi connectivity index (χ4n) is 1.87. The Bertz CT molecular complexity index is 494. The molecule has 0 radical (unpaired) electrons. The molecule has 0 aliphatic heterocycles. The van der Waals surface area contributed by atoms with Crippen LogP contribution in [-0.2, 0) is 0 Å². The number of nitrogens with one attached hydrogen (secondary N) is 2. The number of anilines is 1. The van der Waals surface area contributed by atoms with E-state index >= 15 is 0 Å². The quantitative estimate of drug-likeness (QED) is 0.849. The minimum atomic E-state index is 0.198. The Hall–Kier alpha value is -1.97. The van der Waals surface area contributed by atoms with Crippen LogP contribution >= 0.6 is 0 Å². The Morgan fingerprint density at radius 1 is 1.39 bits per heavy atom. The molecule has 0 aliphatic rings. The molecule has 4 nitrogen and oxygen atoms in total. The number of ether oxygens (including phenoxy) is 1. The number of H-pyrrole nitrogens is 1. The molecule has 1 aromatic carbocycles. The smallest absolute Gasteiger partial charge is 0.119 e. The number of rotatable bonds is 5. The van der Waals surface area contributed by atoms with E-state index in [1.807, 2.05) is 31.2 Å². The fraction of sp³-hybridized carbons (Fsp3) is 0.357. The third kappa shape index (κ3) is 2.83. The largest absolute Gasteiger partial charge is 0.494 e. The average molecular weight is 245 g/mol. The maximum atomic E-state index is 5.47. The van der Waals surface area contributed by atoms with E-state index in [0.29, 0.717) is 6.61 Å². The van der Waals surface area contributed by atoms with Crippen molar-refractivity contribution in [2.24, 2.45) is 0 Å². The standard InChI is InChI=1S/C14H19N3O/c1-4-18-12-5-6-13(10(2)9-12)16-11(3)14-7-8-15-17-14/h5-9,11,16H,4H2,1-3H3,(H,15,17). The van der Waals surface area contributed by atoms with Gasteiger partial charge in [0.25, 0.3) is 0 Å². The van der Waals surface area contributed by atoms with Gasteiger partial charge < -0.3 is 10.1 Å². The van der Waals surface area contributed by atoms with Crippen molar-refractivity contribution in [1.82, 2.24) is 10.2 Å². The number of hydrogen-bond acceptors (Lipinski definition) is 3. The van der Waals surface area contributed by atoms with Gasteiger partial charge in [0, 0.05) is 11.9 Å². The molecule has 1 atom stereocenters. The maximum absolute atomic E-state index is 5.47. The van der Waals surface area contributed by atoms with Gasteiger partial charge in [-0.1, -0.05) is 0 Å². The first kappa shape index (κ1) is 12.5. The van der Waals surface area contributed by atoms with Gasteiger partial charge in [-0.25, -0.2) is 0 Å². The highest BCUT2D eigenvalue weighted by molar-refractivity contribution is 5.54. The normalized spacial score (nSPS) is 12.2. The van der Waals surface area contributed by atoms with Gasteiger partial charge in [0.05, 0.1) is 18.3 Å². The van der Waals surface area contributed by atoms with Gasteiger partial charge in [-0.3, -0.25) is 5.10 Å². The minimum Gasteiger partial charge on any atom is -0.494 e. The van der Waals surface area contributed by atoms with E-state index in [1.54, 1.807) is 6.20 Å². The molecule has 1 unspecified atom stereocenters. The lowest BCUT2D eigenvalue weighted by molar-refractivity contribution is 0.340. The van der Waals surface area contributed by atoms with Crippen LogP contribution in [0.25, 0.3) is 0 Å². The molecule has 0 amide bonds. The molecular weight excluding hydrogens is 226 g/mol.